The maximum absolute atomic E-state index is 13.6. The lowest BCUT2D eigenvalue weighted by Gasteiger charge is -2.46. The van der Waals surface area contributed by atoms with E-state index in [1.165, 1.54) is 12.8 Å². The fraction of sp³-hybridized carbons (Fsp3) is 0.500. The summed E-state index contributed by atoms with van der Waals surface area (Å²) in [7, 11) is 0. The maximum Gasteiger partial charge on any atom is 0.273 e. The van der Waals surface area contributed by atoms with E-state index in [0.29, 0.717) is 19.0 Å². The van der Waals surface area contributed by atoms with Crippen LogP contribution in [0.3, 0.4) is 0 Å². The molecule has 3 heterocycles. The van der Waals surface area contributed by atoms with Crippen LogP contribution < -0.4 is 0 Å². The first-order chi connectivity index (χ1) is 13.6. The van der Waals surface area contributed by atoms with Crippen LogP contribution in [-0.2, 0) is 4.79 Å². The van der Waals surface area contributed by atoms with Crippen LogP contribution in [0.1, 0.15) is 53.5 Å². The van der Waals surface area contributed by atoms with Gasteiger partial charge in [-0.05, 0) is 50.7 Å². The molecule has 0 spiro atoms. The summed E-state index contributed by atoms with van der Waals surface area (Å²) in [5, 5.41) is 4.73. The van der Waals surface area contributed by atoms with Crippen LogP contribution in [0.4, 0.5) is 0 Å². The molecule has 1 aromatic carbocycles. The molecular weight excluding hydrogens is 352 g/mol. The van der Waals surface area contributed by atoms with Gasteiger partial charge in [0, 0.05) is 24.6 Å². The van der Waals surface area contributed by atoms with Crippen molar-refractivity contribution in [3.63, 3.8) is 0 Å². The summed E-state index contributed by atoms with van der Waals surface area (Å²) in [5.41, 5.74) is 3.73. The Kier molecular flexibility index (Phi) is 3.32. The van der Waals surface area contributed by atoms with Crippen molar-refractivity contribution in [2.45, 2.75) is 44.7 Å². The molecule has 1 atom stereocenters. The summed E-state index contributed by atoms with van der Waals surface area (Å²) >= 11 is 0. The Hall–Kier alpha value is -2.63. The molecule has 3 fully saturated rings. The lowest BCUT2D eigenvalue weighted by molar-refractivity contribution is -0.140. The lowest BCUT2D eigenvalue weighted by Crippen LogP contribution is -2.62. The number of fused-ring (bicyclic) bond motifs is 1. The standard InChI is InChI=1S/C22H24N4O2/c1-13-18-19(14-7-8-14)25(17-11-24(12-17)21(27)15-9-10-15)22(28)20(18)26(23-13)16-5-3-2-4-6-16/h2-6,14-15,17,19H,7-12H2,1H3. The highest BCUT2D eigenvalue weighted by molar-refractivity contribution is 5.99. The number of likely N-dealkylation sites (tertiary alicyclic amines) is 1. The van der Waals surface area contributed by atoms with E-state index in [1.54, 1.807) is 0 Å². The van der Waals surface area contributed by atoms with Crippen molar-refractivity contribution in [1.82, 2.24) is 19.6 Å². The molecule has 6 heteroatoms. The fourth-order valence-electron chi connectivity index (χ4n) is 4.91. The van der Waals surface area contributed by atoms with Crippen LogP contribution in [0.25, 0.3) is 5.69 Å². The van der Waals surface area contributed by atoms with Crippen molar-refractivity contribution in [2.75, 3.05) is 13.1 Å². The fourth-order valence-corrected chi connectivity index (χ4v) is 4.91. The van der Waals surface area contributed by atoms with Gasteiger partial charge in [0.1, 0.15) is 5.69 Å². The smallest absolute Gasteiger partial charge is 0.273 e. The van der Waals surface area contributed by atoms with Gasteiger partial charge in [0.2, 0.25) is 5.91 Å². The monoisotopic (exact) mass is 376 g/mol. The van der Waals surface area contributed by atoms with Gasteiger partial charge < -0.3 is 9.80 Å². The number of hydrogen-bond donors (Lipinski definition) is 0. The Labute approximate surface area is 164 Å². The van der Waals surface area contributed by atoms with Crippen molar-refractivity contribution < 1.29 is 9.59 Å². The van der Waals surface area contributed by atoms with Crippen LogP contribution in [0, 0.1) is 18.8 Å². The van der Waals surface area contributed by atoms with E-state index in [9.17, 15) is 9.59 Å². The Morgan fingerprint density at radius 2 is 1.79 bits per heavy atom. The molecular formula is C22H24N4O2. The summed E-state index contributed by atoms with van der Waals surface area (Å²) in [6.07, 6.45) is 4.40. The highest BCUT2D eigenvalue weighted by atomic mass is 16.2. The van der Waals surface area contributed by atoms with Crippen molar-refractivity contribution in [3.05, 3.63) is 47.3 Å². The number of carbonyl (C=O) groups excluding carboxylic acids is 2. The van der Waals surface area contributed by atoms with E-state index in [4.69, 9.17) is 5.10 Å². The van der Waals surface area contributed by atoms with E-state index < -0.39 is 0 Å². The van der Waals surface area contributed by atoms with Gasteiger partial charge in [0.25, 0.3) is 5.91 Å². The third-order valence-electron chi connectivity index (χ3n) is 6.70. The van der Waals surface area contributed by atoms with E-state index in [-0.39, 0.29) is 29.8 Å². The molecule has 0 radical (unpaired) electrons. The Bertz CT molecular complexity index is 968. The van der Waals surface area contributed by atoms with Gasteiger partial charge in [0.15, 0.2) is 0 Å². The van der Waals surface area contributed by atoms with Crippen LogP contribution in [0.5, 0.6) is 0 Å². The van der Waals surface area contributed by atoms with Crippen molar-refractivity contribution in [1.29, 1.82) is 0 Å². The minimum absolute atomic E-state index is 0.0832. The normalized spacial score (nSPS) is 24.5. The first-order valence-electron chi connectivity index (χ1n) is 10.4. The van der Waals surface area contributed by atoms with Gasteiger partial charge in [-0.3, -0.25) is 9.59 Å². The Balaban J connectivity index is 1.34. The van der Waals surface area contributed by atoms with Crippen LogP contribution in [0.2, 0.25) is 0 Å². The largest absolute Gasteiger partial charge is 0.338 e. The number of amides is 2. The van der Waals surface area contributed by atoms with Gasteiger partial charge in [-0.1, -0.05) is 18.2 Å². The van der Waals surface area contributed by atoms with E-state index >= 15 is 0 Å². The summed E-state index contributed by atoms with van der Waals surface area (Å²) in [6, 6.07) is 10.2. The maximum atomic E-state index is 13.6. The Morgan fingerprint density at radius 1 is 1.07 bits per heavy atom. The van der Waals surface area contributed by atoms with E-state index in [2.05, 4.69) is 4.90 Å². The topological polar surface area (TPSA) is 58.4 Å². The molecule has 1 unspecified atom stereocenters. The molecule has 0 bridgehead atoms. The first kappa shape index (κ1) is 16.3. The molecule has 6 nitrogen and oxygen atoms in total. The molecule has 2 saturated carbocycles. The zero-order valence-electron chi connectivity index (χ0n) is 16.0. The third-order valence-corrected chi connectivity index (χ3v) is 6.70. The van der Waals surface area contributed by atoms with Crippen LogP contribution in [-0.4, -0.2) is 50.5 Å². The molecule has 6 rings (SSSR count). The average Bonchev–Trinajstić information content (AvgIpc) is 3.58. The number of carbonyl (C=O) groups is 2. The zero-order valence-corrected chi connectivity index (χ0v) is 16.0. The van der Waals surface area contributed by atoms with Crippen molar-refractivity contribution in [2.24, 2.45) is 11.8 Å². The van der Waals surface area contributed by atoms with Gasteiger partial charge in [0.05, 0.1) is 23.5 Å². The number of benzene rings is 1. The number of aromatic nitrogens is 2. The molecule has 2 amide bonds. The molecule has 28 heavy (non-hydrogen) atoms. The number of nitrogens with zero attached hydrogens (tertiary/aromatic N) is 4. The van der Waals surface area contributed by atoms with E-state index in [0.717, 1.165) is 35.5 Å². The second kappa shape index (κ2) is 5.69. The Morgan fingerprint density at radius 3 is 2.43 bits per heavy atom. The quantitative estimate of drug-likeness (QED) is 0.824. The predicted molar refractivity (Wildman–Crippen MR) is 103 cm³/mol. The van der Waals surface area contributed by atoms with Gasteiger partial charge in [-0.15, -0.1) is 0 Å². The molecule has 2 aromatic rings. The van der Waals surface area contributed by atoms with Crippen LogP contribution >= 0.6 is 0 Å². The van der Waals surface area contributed by atoms with Gasteiger partial charge in [-0.25, -0.2) is 4.68 Å². The predicted octanol–water partition coefficient (Wildman–Crippen LogP) is 2.71. The summed E-state index contributed by atoms with van der Waals surface area (Å²) in [6.45, 7) is 3.40. The molecule has 1 saturated heterocycles. The number of para-hydroxylation sites is 1. The zero-order chi connectivity index (χ0) is 19.0. The summed E-state index contributed by atoms with van der Waals surface area (Å²) in [4.78, 5) is 29.9. The number of aryl methyl sites for hydroxylation is 1. The second-order valence-corrected chi connectivity index (χ2v) is 8.76. The first-order valence-corrected chi connectivity index (χ1v) is 10.4. The van der Waals surface area contributed by atoms with Gasteiger partial charge in [-0.2, -0.15) is 5.10 Å². The molecule has 144 valence electrons. The minimum Gasteiger partial charge on any atom is -0.338 e. The van der Waals surface area contributed by atoms with E-state index in [1.807, 2.05) is 46.8 Å². The molecule has 2 aliphatic heterocycles. The number of rotatable bonds is 4. The molecule has 0 N–H and O–H groups in total. The third kappa shape index (κ3) is 2.30. The highest BCUT2D eigenvalue weighted by Crippen LogP contribution is 2.52. The molecule has 4 aliphatic rings. The van der Waals surface area contributed by atoms with Crippen molar-refractivity contribution >= 4 is 11.8 Å². The number of hydrogen-bond acceptors (Lipinski definition) is 3. The summed E-state index contributed by atoms with van der Waals surface area (Å²) in [5.74, 6) is 1.15. The minimum atomic E-state index is 0.0832. The SMILES string of the molecule is Cc1nn(-c2ccccc2)c2c1C(C1CC1)N(C1CN(C(=O)C3CC3)C1)C2=O. The van der Waals surface area contributed by atoms with Crippen molar-refractivity contribution in [3.8, 4) is 5.69 Å². The molecule has 2 aliphatic carbocycles. The van der Waals surface area contributed by atoms with Gasteiger partial charge >= 0.3 is 0 Å². The lowest BCUT2D eigenvalue weighted by atomic mass is 9.99. The average molecular weight is 376 g/mol. The van der Waals surface area contributed by atoms with Crippen LogP contribution in [0.15, 0.2) is 30.3 Å². The second-order valence-electron chi connectivity index (χ2n) is 8.76. The molecule has 1 aromatic heterocycles. The summed E-state index contributed by atoms with van der Waals surface area (Å²) < 4.78 is 1.83. The highest BCUT2D eigenvalue weighted by Gasteiger charge is 2.54.